The Morgan fingerprint density at radius 3 is 2.65 bits per heavy atom. The Labute approximate surface area is 121 Å². The fraction of sp³-hybridized carbons (Fsp3) is 0.562. The highest BCUT2D eigenvalue weighted by Crippen LogP contribution is 2.31. The molecule has 1 heterocycles. The number of nitrogens with one attached hydrogen (secondary N) is 1. The maximum atomic E-state index is 12.2. The zero-order valence-corrected chi connectivity index (χ0v) is 12.8. The topological polar surface area (TPSA) is 41.6 Å². The number of amides is 1. The van der Waals surface area contributed by atoms with Gasteiger partial charge in [-0.15, -0.1) is 0 Å². The number of carbonyl (C=O) groups excluding carboxylic acids is 1. The summed E-state index contributed by atoms with van der Waals surface area (Å²) in [5.74, 6) is 0. The summed E-state index contributed by atoms with van der Waals surface area (Å²) in [5.41, 5.74) is 1.60. The predicted octanol–water partition coefficient (Wildman–Crippen LogP) is 3.48. The van der Waals surface area contributed by atoms with Crippen molar-refractivity contribution in [2.24, 2.45) is 0 Å². The number of rotatable bonds is 2. The van der Waals surface area contributed by atoms with Gasteiger partial charge in [0.1, 0.15) is 5.60 Å². The quantitative estimate of drug-likeness (QED) is 0.899. The second-order valence-electron chi connectivity index (χ2n) is 6.25. The first kappa shape index (κ1) is 14.9. The zero-order chi connectivity index (χ0) is 14.8. The van der Waals surface area contributed by atoms with E-state index in [1.54, 1.807) is 11.9 Å². The van der Waals surface area contributed by atoms with Crippen LogP contribution >= 0.6 is 0 Å². The van der Waals surface area contributed by atoms with Crippen molar-refractivity contribution in [2.75, 3.05) is 18.5 Å². The molecule has 1 atom stereocenters. The Balaban J connectivity index is 2.21. The summed E-state index contributed by atoms with van der Waals surface area (Å²) in [5, 5.41) is 3.48. The van der Waals surface area contributed by atoms with Crippen LogP contribution in [0.15, 0.2) is 24.3 Å². The standard InChI is InChI=1S/C16H24N2O2/c1-16(2,3)20-15(19)18(4)14-10-6-5-8-12(14)13-9-7-11-17-13/h5-6,8,10,13,17H,7,9,11H2,1-4H3/t13-/m0/s1. The van der Waals surface area contributed by atoms with Crippen molar-refractivity contribution in [1.82, 2.24) is 5.32 Å². The van der Waals surface area contributed by atoms with Crippen molar-refractivity contribution in [3.05, 3.63) is 29.8 Å². The van der Waals surface area contributed by atoms with Gasteiger partial charge in [-0.2, -0.15) is 0 Å². The second-order valence-corrected chi connectivity index (χ2v) is 6.25. The maximum absolute atomic E-state index is 12.2. The van der Waals surface area contributed by atoms with E-state index in [0.29, 0.717) is 6.04 Å². The van der Waals surface area contributed by atoms with Crippen LogP contribution in [0.1, 0.15) is 45.2 Å². The third-order valence-corrected chi connectivity index (χ3v) is 3.40. The molecule has 0 aliphatic carbocycles. The minimum absolute atomic E-state index is 0.317. The number of hydrogen-bond donors (Lipinski definition) is 1. The van der Waals surface area contributed by atoms with Crippen LogP contribution in [0.2, 0.25) is 0 Å². The molecule has 0 unspecified atom stereocenters. The molecule has 20 heavy (non-hydrogen) atoms. The van der Waals surface area contributed by atoms with Crippen LogP contribution in [0.5, 0.6) is 0 Å². The Morgan fingerprint density at radius 2 is 2.05 bits per heavy atom. The summed E-state index contributed by atoms with van der Waals surface area (Å²) in [6.45, 7) is 6.67. The molecular weight excluding hydrogens is 252 g/mol. The first-order valence-corrected chi connectivity index (χ1v) is 7.17. The van der Waals surface area contributed by atoms with Gasteiger partial charge in [0, 0.05) is 13.1 Å². The van der Waals surface area contributed by atoms with E-state index in [1.165, 1.54) is 12.0 Å². The van der Waals surface area contributed by atoms with Crippen LogP contribution in [0.25, 0.3) is 0 Å². The largest absolute Gasteiger partial charge is 0.443 e. The number of carbonyl (C=O) groups is 1. The molecule has 0 saturated carbocycles. The number of hydrogen-bond acceptors (Lipinski definition) is 3. The fourth-order valence-corrected chi connectivity index (χ4v) is 2.47. The van der Waals surface area contributed by atoms with Gasteiger partial charge in [0.25, 0.3) is 0 Å². The van der Waals surface area contributed by atoms with Gasteiger partial charge in [0.15, 0.2) is 0 Å². The Morgan fingerprint density at radius 1 is 1.35 bits per heavy atom. The van der Waals surface area contributed by atoms with Gasteiger partial charge < -0.3 is 10.1 Å². The van der Waals surface area contributed by atoms with E-state index in [2.05, 4.69) is 11.4 Å². The van der Waals surface area contributed by atoms with Crippen molar-refractivity contribution in [2.45, 2.75) is 45.3 Å². The third kappa shape index (κ3) is 3.51. The molecular formula is C16H24N2O2. The van der Waals surface area contributed by atoms with Crippen molar-refractivity contribution in [3.8, 4) is 0 Å². The normalized spacial score (nSPS) is 18.9. The summed E-state index contributed by atoms with van der Waals surface area (Å²) < 4.78 is 5.44. The number of para-hydroxylation sites is 1. The Bertz CT molecular complexity index is 474. The minimum Gasteiger partial charge on any atom is -0.443 e. The first-order chi connectivity index (χ1) is 9.38. The molecule has 110 valence electrons. The van der Waals surface area contributed by atoms with Crippen LogP contribution in [-0.2, 0) is 4.74 Å². The van der Waals surface area contributed by atoms with E-state index in [1.807, 2.05) is 39.0 Å². The van der Waals surface area contributed by atoms with E-state index in [9.17, 15) is 4.79 Å². The third-order valence-electron chi connectivity index (χ3n) is 3.40. The molecule has 4 heteroatoms. The highest BCUT2D eigenvalue weighted by Gasteiger charge is 2.25. The van der Waals surface area contributed by atoms with Crippen LogP contribution < -0.4 is 10.2 Å². The van der Waals surface area contributed by atoms with Crippen molar-refractivity contribution in [3.63, 3.8) is 0 Å². The lowest BCUT2D eigenvalue weighted by molar-refractivity contribution is 0.0589. The fourth-order valence-electron chi connectivity index (χ4n) is 2.47. The van der Waals surface area contributed by atoms with Crippen LogP contribution in [0.3, 0.4) is 0 Å². The predicted molar refractivity (Wildman–Crippen MR) is 81.1 cm³/mol. The molecule has 0 spiro atoms. The molecule has 0 bridgehead atoms. The number of ether oxygens (including phenoxy) is 1. The van der Waals surface area contributed by atoms with Crippen molar-refractivity contribution >= 4 is 11.8 Å². The number of benzene rings is 1. The summed E-state index contributed by atoms with van der Waals surface area (Å²) in [6, 6.07) is 8.35. The molecule has 1 aliphatic heterocycles. The van der Waals surface area contributed by atoms with Gasteiger partial charge in [0.2, 0.25) is 0 Å². The van der Waals surface area contributed by atoms with Crippen LogP contribution in [0, 0.1) is 0 Å². The molecule has 2 rings (SSSR count). The average molecular weight is 276 g/mol. The second kappa shape index (κ2) is 5.83. The van der Waals surface area contributed by atoms with Gasteiger partial charge in [-0.1, -0.05) is 18.2 Å². The van der Waals surface area contributed by atoms with Crippen molar-refractivity contribution in [1.29, 1.82) is 0 Å². The Hall–Kier alpha value is -1.55. The van der Waals surface area contributed by atoms with Crippen LogP contribution in [0.4, 0.5) is 10.5 Å². The van der Waals surface area contributed by atoms with Gasteiger partial charge >= 0.3 is 6.09 Å². The van der Waals surface area contributed by atoms with Gasteiger partial charge in [0.05, 0.1) is 5.69 Å². The molecule has 4 nitrogen and oxygen atoms in total. The molecule has 1 amide bonds. The monoisotopic (exact) mass is 276 g/mol. The number of nitrogens with zero attached hydrogens (tertiary/aromatic N) is 1. The summed E-state index contributed by atoms with van der Waals surface area (Å²) >= 11 is 0. The lowest BCUT2D eigenvalue weighted by atomic mass is 10.0. The lowest BCUT2D eigenvalue weighted by Crippen LogP contribution is -2.35. The Kier molecular flexibility index (Phi) is 4.33. The smallest absolute Gasteiger partial charge is 0.414 e. The maximum Gasteiger partial charge on any atom is 0.414 e. The summed E-state index contributed by atoms with van der Waals surface area (Å²) in [4.78, 5) is 13.8. The van der Waals surface area contributed by atoms with Gasteiger partial charge in [-0.25, -0.2) is 4.79 Å². The van der Waals surface area contributed by atoms with E-state index < -0.39 is 5.60 Å². The molecule has 1 N–H and O–H groups in total. The minimum atomic E-state index is -0.480. The SMILES string of the molecule is CN(C(=O)OC(C)(C)C)c1ccccc1[C@@H]1CCCN1. The average Bonchev–Trinajstić information content (AvgIpc) is 2.89. The highest BCUT2D eigenvalue weighted by molar-refractivity contribution is 5.88. The summed E-state index contributed by atoms with van der Waals surface area (Å²) in [6.07, 6.45) is 1.97. The first-order valence-electron chi connectivity index (χ1n) is 7.17. The van der Waals surface area contributed by atoms with Crippen molar-refractivity contribution < 1.29 is 9.53 Å². The van der Waals surface area contributed by atoms with Gasteiger partial charge in [-0.3, -0.25) is 4.90 Å². The van der Waals surface area contributed by atoms with E-state index in [-0.39, 0.29) is 6.09 Å². The molecule has 1 aliphatic rings. The van der Waals surface area contributed by atoms with Gasteiger partial charge in [-0.05, 0) is 51.8 Å². The number of anilines is 1. The van der Waals surface area contributed by atoms with E-state index >= 15 is 0 Å². The molecule has 1 saturated heterocycles. The van der Waals surface area contributed by atoms with E-state index in [0.717, 1.165) is 18.7 Å². The molecule has 0 aromatic heterocycles. The highest BCUT2D eigenvalue weighted by atomic mass is 16.6. The molecule has 1 aromatic carbocycles. The molecule has 1 fully saturated rings. The molecule has 1 aromatic rings. The van der Waals surface area contributed by atoms with E-state index in [4.69, 9.17) is 4.74 Å². The molecule has 0 radical (unpaired) electrons. The van der Waals surface area contributed by atoms with Crippen LogP contribution in [-0.4, -0.2) is 25.3 Å². The summed E-state index contributed by atoms with van der Waals surface area (Å²) in [7, 11) is 1.77. The zero-order valence-electron chi connectivity index (χ0n) is 12.8. The lowest BCUT2D eigenvalue weighted by Gasteiger charge is -2.27.